The summed E-state index contributed by atoms with van der Waals surface area (Å²) in [7, 11) is 0. The topological polar surface area (TPSA) is 41.6 Å². The Morgan fingerprint density at radius 2 is 1.86 bits per heavy atom. The highest BCUT2D eigenvalue weighted by Gasteiger charge is 2.27. The molecule has 1 N–H and O–H groups in total. The number of rotatable bonds is 6. The van der Waals surface area contributed by atoms with Crippen LogP contribution >= 0.6 is 0 Å². The minimum absolute atomic E-state index is 0.228. The molecule has 3 rings (SSSR count). The number of likely N-dealkylation sites (tertiary alicyclic amines) is 1. The Hall–Kier alpha value is -0.610. The van der Waals surface area contributed by atoms with Crippen molar-refractivity contribution >= 4 is 5.91 Å². The summed E-state index contributed by atoms with van der Waals surface area (Å²) in [6, 6.07) is 0. The van der Waals surface area contributed by atoms with Crippen LogP contribution in [0.25, 0.3) is 0 Å². The van der Waals surface area contributed by atoms with E-state index in [1.54, 1.807) is 0 Å². The zero-order valence-corrected chi connectivity index (χ0v) is 13.2. The Morgan fingerprint density at radius 3 is 2.52 bits per heavy atom. The van der Waals surface area contributed by atoms with E-state index in [1.807, 2.05) is 0 Å². The Bertz CT molecular complexity index is 330. The number of hydrogen-bond acceptors (Lipinski definition) is 3. The predicted octanol–water partition coefficient (Wildman–Crippen LogP) is 2.04. The van der Waals surface area contributed by atoms with Crippen LogP contribution in [0, 0.1) is 17.8 Å². The predicted molar refractivity (Wildman–Crippen MR) is 83.1 cm³/mol. The number of nitrogens with zero attached hydrogens (tertiary/aromatic N) is 1. The first kappa shape index (κ1) is 15.3. The van der Waals surface area contributed by atoms with Gasteiger partial charge >= 0.3 is 0 Å². The molecular formula is C17H30N2O2. The van der Waals surface area contributed by atoms with E-state index < -0.39 is 0 Å². The summed E-state index contributed by atoms with van der Waals surface area (Å²) in [6.45, 7) is 6.30. The number of hydrogen-bond donors (Lipinski definition) is 1. The molecule has 2 saturated heterocycles. The molecule has 4 nitrogen and oxygen atoms in total. The Labute approximate surface area is 128 Å². The molecule has 2 aliphatic heterocycles. The van der Waals surface area contributed by atoms with Crippen LogP contribution in [-0.2, 0) is 9.53 Å². The molecule has 1 aliphatic carbocycles. The molecule has 0 unspecified atom stereocenters. The van der Waals surface area contributed by atoms with Gasteiger partial charge in [0.15, 0.2) is 0 Å². The number of carbonyl (C=O) groups is 1. The first-order valence-electron chi connectivity index (χ1n) is 8.86. The van der Waals surface area contributed by atoms with Crippen molar-refractivity contribution in [3.05, 3.63) is 0 Å². The van der Waals surface area contributed by atoms with Gasteiger partial charge < -0.3 is 15.0 Å². The lowest BCUT2D eigenvalue weighted by atomic mass is 9.95. The van der Waals surface area contributed by atoms with Gasteiger partial charge in [0.25, 0.3) is 0 Å². The molecule has 0 radical (unpaired) electrons. The molecule has 2 heterocycles. The monoisotopic (exact) mass is 294 g/mol. The summed E-state index contributed by atoms with van der Waals surface area (Å²) in [4.78, 5) is 14.6. The van der Waals surface area contributed by atoms with Gasteiger partial charge in [-0.25, -0.2) is 0 Å². The zero-order chi connectivity index (χ0) is 14.5. The fourth-order valence-electron chi connectivity index (χ4n) is 3.60. The molecule has 3 fully saturated rings. The van der Waals surface area contributed by atoms with Gasteiger partial charge in [-0.05, 0) is 69.4 Å². The minimum Gasteiger partial charge on any atom is -0.381 e. The minimum atomic E-state index is 0.228. The maximum atomic E-state index is 12.0. The van der Waals surface area contributed by atoms with E-state index in [9.17, 15) is 4.79 Å². The molecule has 4 heteroatoms. The van der Waals surface area contributed by atoms with Crippen LogP contribution in [0.4, 0.5) is 0 Å². The highest BCUT2D eigenvalue weighted by atomic mass is 16.5. The van der Waals surface area contributed by atoms with Gasteiger partial charge in [0, 0.05) is 32.7 Å². The smallest absolute Gasteiger partial charge is 0.220 e. The lowest BCUT2D eigenvalue weighted by Crippen LogP contribution is -2.39. The Balaban J connectivity index is 1.27. The van der Waals surface area contributed by atoms with Crippen molar-refractivity contribution < 1.29 is 9.53 Å². The number of amides is 1. The summed E-state index contributed by atoms with van der Waals surface area (Å²) >= 11 is 0. The number of ether oxygens (including phenoxy) is 1. The number of nitrogens with one attached hydrogen (secondary N) is 1. The molecule has 0 bridgehead atoms. The third-order valence-corrected chi connectivity index (χ3v) is 5.24. The lowest BCUT2D eigenvalue weighted by Gasteiger charge is -2.32. The van der Waals surface area contributed by atoms with Crippen molar-refractivity contribution in [3.8, 4) is 0 Å². The summed E-state index contributed by atoms with van der Waals surface area (Å²) in [6.07, 6.45) is 8.30. The normalized spacial score (nSPS) is 28.5. The summed E-state index contributed by atoms with van der Waals surface area (Å²) in [5, 5.41) is 3.15. The second-order valence-corrected chi connectivity index (χ2v) is 7.28. The van der Waals surface area contributed by atoms with Crippen LogP contribution in [0.1, 0.15) is 44.9 Å². The Kier molecular flexibility index (Phi) is 5.53. The average Bonchev–Trinajstić information content (AvgIpc) is 3.32. The van der Waals surface area contributed by atoms with E-state index in [4.69, 9.17) is 4.74 Å². The molecule has 21 heavy (non-hydrogen) atoms. The first-order chi connectivity index (χ1) is 10.3. The molecule has 3 aliphatic rings. The van der Waals surface area contributed by atoms with E-state index in [0.717, 1.165) is 38.5 Å². The number of piperidine rings is 1. The van der Waals surface area contributed by atoms with Crippen LogP contribution in [-0.4, -0.2) is 50.2 Å². The molecule has 0 aromatic carbocycles. The van der Waals surface area contributed by atoms with Crippen molar-refractivity contribution in [1.29, 1.82) is 0 Å². The maximum Gasteiger partial charge on any atom is 0.220 e. The van der Waals surface area contributed by atoms with Crippen LogP contribution < -0.4 is 5.32 Å². The molecule has 0 spiro atoms. The van der Waals surface area contributed by atoms with Gasteiger partial charge in [-0.3, -0.25) is 4.79 Å². The second kappa shape index (κ2) is 7.59. The van der Waals surface area contributed by atoms with Crippen LogP contribution in [0.3, 0.4) is 0 Å². The zero-order valence-electron chi connectivity index (χ0n) is 13.2. The summed E-state index contributed by atoms with van der Waals surface area (Å²) in [5.74, 6) is 2.36. The van der Waals surface area contributed by atoms with Crippen molar-refractivity contribution in [2.75, 3.05) is 39.4 Å². The summed E-state index contributed by atoms with van der Waals surface area (Å²) < 4.78 is 5.44. The molecule has 1 saturated carbocycles. The maximum absolute atomic E-state index is 12.0. The average molecular weight is 294 g/mol. The number of carbonyl (C=O) groups excluding carboxylic acids is 1. The largest absolute Gasteiger partial charge is 0.381 e. The van der Waals surface area contributed by atoms with Crippen LogP contribution in [0.5, 0.6) is 0 Å². The van der Waals surface area contributed by atoms with Crippen LogP contribution in [0.2, 0.25) is 0 Å². The van der Waals surface area contributed by atoms with E-state index >= 15 is 0 Å². The van der Waals surface area contributed by atoms with Crippen LogP contribution in [0.15, 0.2) is 0 Å². The summed E-state index contributed by atoms with van der Waals surface area (Å²) in [5.41, 5.74) is 0. The second-order valence-electron chi connectivity index (χ2n) is 7.28. The SMILES string of the molecule is O=C(C[C@@H]1CCCOC1)NCC1CCN(CC2CC2)CC1. The standard InChI is InChI=1S/C17H30N2O2/c20-17(10-16-2-1-9-21-13-16)18-11-14-5-7-19(8-6-14)12-15-3-4-15/h14-16H,1-13H2,(H,18,20)/t16-/m0/s1. The third-order valence-electron chi connectivity index (χ3n) is 5.24. The van der Waals surface area contributed by atoms with Crippen molar-refractivity contribution in [2.45, 2.75) is 44.9 Å². The fourth-order valence-corrected chi connectivity index (χ4v) is 3.60. The van der Waals surface area contributed by atoms with Gasteiger partial charge in [-0.15, -0.1) is 0 Å². The molecule has 1 atom stereocenters. The molecule has 120 valence electrons. The lowest BCUT2D eigenvalue weighted by molar-refractivity contribution is -0.123. The van der Waals surface area contributed by atoms with E-state index in [-0.39, 0.29) is 5.91 Å². The van der Waals surface area contributed by atoms with Gasteiger partial charge in [-0.2, -0.15) is 0 Å². The van der Waals surface area contributed by atoms with E-state index in [2.05, 4.69) is 10.2 Å². The van der Waals surface area contributed by atoms with Crippen molar-refractivity contribution in [3.63, 3.8) is 0 Å². The molecule has 0 aromatic rings. The highest BCUT2D eigenvalue weighted by molar-refractivity contribution is 5.76. The van der Waals surface area contributed by atoms with Crippen molar-refractivity contribution in [2.24, 2.45) is 17.8 Å². The van der Waals surface area contributed by atoms with Gasteiger partial charge in [-0.1, -0.05) is 0 Å². The first-order valence-corrected chi connectivity index (χ1v) is 8.86. The molecule has 0 aromatic heterocycles. The van der Waals surface area contributed by atoms with E-state index in [1.165, 1.54) is 45.3 Å². The third kappa shape index (κ3) is 5.26. The van der Waals surface area contributed by atoms with E-state index in [0.29, 0.717) is 18.3 Å². The van der Waals surface area contributed by atoms with Gasteiger partial charge in [0.1, 0.15) is 0 Å². The highest BCUT2D eigenvalue weighted by Crippen LogP contribution is 2.31. The van der Waals surface area contributed by atoms with Gasteiger partial charge in [0.2, 0.25) is 5.91 Å². The fraction of sp³-hybridized carbons (Fsp3) is 0.941. The molecule has 1 amide bonds. The Morgan fingerprint density at radius 1 is 1.05 bits per heavy atom. The van der Waals surface area contributed by atoms with Crippen molar-refractivity contribution in [1.82, 2.24) is 10.2 Å². The van der Waals surface area contributed by atoms with Gasteiger partial charge in [0.05, 0.1) is 0 Å². The quantitative estimate of drug-likeness (QED) is 0.815. The molecular weight excluding hydrogens is 264 g/mol.